The van der Waals surface area contributed by atoms with Gasteiger partial charge in [-0.25, -0.2) is 0 Å². The molecule has 2 aromatic rings. The van der Waals surface area contributed by atoms with E-state index in [0.717, 1.165) is 35.5 Å². The predicted octanol–water partition coefficient (Wildman–Crippen LogP) is 5.40. The summed E-state index contributed by atoms with van der Waals surface area (Å²) in [6.07, 6.45) is 3.48. The number of phenols is 1. The van der Waals surface area contributed by atoms with E-state index in [1.54, 1.807) is 23.9 Å². The normalized spacial score (nSPS) is 30.4. The SMILES string of the molecule is C=CCSC1(Br)NC(C)(C)CC2(CC(c3ccccc3)Oc3cc(O)ccc32)N1. The minimum absolute atomic E-state index is 0.104. The van der Waals surface area contributed by atoms with Gasteiger partial charge in [0.1, 0.15) is 17.6 Å². The second kappa shape index (κ2) is 7.65. The van der Waals surface area contributed by atoms with Crippen molar-refractivity contribution in [3.63, 3.8) is 0 Å². The molecule has 0 radical (unpaired) electrons. The molecule has 2 heterocycles. The molecule has 0 amide bonds. The standard InChI is InChI=1S/C23H27BrN2O2S/c1-4-12-29-23(24)25-21(2,3)15-22(26-23)14-20(16-8-6-5-7-9-16)28-19-13-17(27)10-11-18(19)22/h4-11,13,20,25-27H,1,12,14-15H2,2-3H3. The van der Waals surface area contributed by atoms with Crippen LogP contribution < -0.4 is 15.4 Å². The fraction of sp³-hybridized carbons (Fsp3) is 0.391. The summed E-state index contributed by atoms with van der Waals surface area (Å²) in [5.41, 5.74) is 1.77. The summed E-state index contributed by atoms with van der Waals surface area (Å²) in [7, 11) is 0. The molecule has 3 N–H and O–H groups in total. The molecule has 2 aromatic carbocycles. The van der Waals surface area contributed by atoms with Crippen LogP contribution in [0.15, 0.2) is 61.2 Å². The maximum atomic E-state index is 10.1. The molecule has 0 bridgehead atoms. The lowest BCUT2D eigenvalue weighted by atomic mass is 9.72. The van der Waals surface area contributed by atoms with Gasteiger partial charge in [-0.1, -0.05) is 36.4 Å². The summed E-state index contributed by atoms with van der Waals surface area (Å²) in [5.74, 6) is 1.75. The highest BCUT2D eigenvalue weighted by Gasteiger charge is 2.54. The van der Waals surface area contributed by atoms with Gasteiger partial charge in [-0.3, -0.25) is 10.6 Å². The Morgan fingerprint density at radius 2 is 2.00 bits per heavy atom. The quantitative estimate of drug-likeness (QED) is 0.314. The molecule has 3 unspecified atom stereocenters. The number of fused-ring (bicyclic) bond motifs is 2. The van der Waals surface area contributed by atoms with Crippen LogP contribution in [0.5, 0.6) is 11.5 Å². The van der Waals surface area contributed by atoms with E-state index in [2.05, 4.69) is 59.1 Å². The lowest BCUT2D eigenvalue weighted by molar-refractivity contribution is 0.0469. The highest BCUT2D eigenvalue weighted by Crippen LogP contribution is 2.53. The molecule has 2 aliphatic rings. The van der Waals surface area contributed by atoms with Gasteiger partial charge in [-0.05, 0) is 53.9 Å². The molecule has 3 atom stereocenters. The van der Waals surface area contributed by atoms with E-state index in [1.165, 1.54) is 0 Å². The smallest absolute Gasteiger partial charge is 0.176 e. The van der Waals surface area contributed by atoms with Crippen molar-refractivity contribution in [3.8, 4) is 11.5 Å². The molecular weight excluding hydrogens is 448 g/mol. The summed E-state index contributed by atoms with van der Waals surface area (Å²) < 4.78 is 5.88. The number of phenolic OH excluding ortho intramolecular Hbond substituents is 1. The second-order valence-electron chi connectivity index (χ2n) is 8.49. The number of aromatic hydroxyl groups is 1. The van der Waals surface area contributed by atoms with Crippen LogP contribution in [0.4, 0.5) is 0 Å². The number of benzene rings is 2. The zero-order valence-electron chi connectivity index (χ0n) is 16.7. The fourth-order valence-electron chi connectivity index (χ4n) is 4.63. The number of hydrogen-bond donors (Lipinski definition) is 3. The number of nitrogens with one attached hydrogen (secondary N) is 2. The molecule has 4 rings (SSSR count). The van der Waals surface area contributed by atoms with Crippen LogP contribution in [0.3, 0.4) is 0 Å². The molecule has 1 fully saturated rings. The van der Waals surface area contributed by atoms with Crippen LogP contribution >= 0.6 is 27.7 Å². The van der Waals surface area contributed by atoms with Crippen LogP contribution in [-0.2, 0) is 5.54 Å². The van der Waals surface area contributed by atoms with Crippen molar-refractivity contribution in [2.24, 2.45) is 0 Å². The Bertz CT molecular complexity index is 907. The topological polar surface area (TPSA) is 53.5 Å². The molecule has 154 valence electrons. The third-order valence-corrected chi connectivity index (χ3v) is 7.59. The molecule has 4 nitrogen and oxygen atoms in total. The maximum Gasteiger partial charge on any atom is 0.176 e. The van der Waals surface area contributed by atoms with Crippen LogP contribution in [0.2, 0.25) is 0 Å². The van der Waals surface area contributed by atoms with Gasteiger partial charge in [-0.2, -0.15) is 0 Å². The summed E-state index contributed by atoms with van der Waals surface area (Å²) in [6.45, 7) is 8.33. The molecule has 1 saturated heterocycles. The van der Waals surface area contributed by atoms with Gasteiger partial charge in [-0.15, -0.1) is 18.3 Å². The van der Waals surface area contributed by atoms with Crippen molar-refractivity contribution in [2.75, 3.05) is 5.75 Å². The van der Waals surface area contributed by atoms with Crippen LogP contribution in [0.1, 0.15) is 43.9 Å². The monoisotopic (exact) mass is 474 g/mol. The number of rotatable bonds is 4. The Morgan fingerprint density at radius 3 is 2.72 bits per heavy atom. The fourth-order valence-corrected chi connectivity index (χ4v) is 6.90. The second-order valence-corrected chi connectivity index (χ2v) is 11.4. The van der Waals surface area contributed by atoms with Crippen molar-refractivity contribution >= 4 is 27.7 Å². The van der Waals surface area contributed by atoms with E-state index >= 15 is 0 Å². The van der Waals surface area contributed by atoms with Crippen LogP contribution in [0.25, 0.3) is 0 Å². The average molecular weight is 475 g/mol. The maximum absolute atomic E-state index is 10.1. The summed E-state index contributed by atoms with van der Waals surface area (Å²) in [5, 5.41) is 17.7. The zero-order chi connectivity index (χ0) is 20.7. The Kier molecular flexibility index (Phi) is 5.49. The van der Waals surface area contributed by atoms with Crippen molar-refractivity contribution in [2.45, 2.75) is 47.8 Å². The summed E-state index contributed by atoms with van der Waals surface area (Å²) >= 11 is 5.66. The minimum atomic E-state index is -0.503. The number of ether oxygens (including phenoxy) is 1. The van der Waals surface area contributed by atoms with Crippen molar-refractivity contribution < 1.29 is 9.84 Å². The Hall–Kier alpha value is -1.47. The summed E-state index contributed by atoms with van der Waals surface area (Å²) in [4.78, 5) is 0. The Morgan fingerprint density at radius 1 is 1.24 bits per heavy atom. The molecular formula is C23H27BrN2O2S. The summed E-state index contributed by atoms with van der Waals surface area (Å²) in [6, 6.07) is 15.8. The predicted molar refractivity (Wildman–Crippen MR) is 123 cm³/mol. The largest absolute Gasteiger partial charge is 0.508 e. The number of alkyl halides is 1. The highest BCUT2D eigenvalue weighted by molar-refractivity contribution is 9.11. The van der Waals surface area contributed by atoms with E-state index in [4.69, 9.17) is 4.74 Å². The molecule has 0 aromatic heterocycles. The first-order chi connectivity index (χ1) is 13.7. The minimum Gasteiger partial charge on any atom is -0.508 e. The van der Waals surface area contributed by atoms with Crippen molar-refractivity contribution in [1.82, 2.24) is 10.6 Å². The number of hydrogen-bond acceptors (Lipinski definition) is 5. The average Bonchev–Trinajstić information content (AvgIpc) is 2.65. The Labute approximate surface area is 185 Å². The third-order valence-electron chi connectivity index (χ3n) is 5.50. The van der Waals surface area contributed by atoms with Gasteiger partial charge in [0.05, 0.1) is 5.54 Å². The lowest BCUT2D eigenvalue weighted by Gasteiger charge is -2.56. The highest BCUT2D eigenvalue weighted by atomic mass is 79.9. The number of thioether (sulfide) groups is 1. The first kappa shape index (κ1) is 20.8. The van der Waals surface area contributed by atoms with E-state index in [-0.39, 0.29) is 22.9 Å². The van der Waals surface area contributed by atoms with Crippen molar-refractivity contribution in [3.05, 3.63) is 72.3 Å². The molecule has 0 aliphatic carbocycles. The van der Waals surface area contributed by atoms with E-state index in [0.29, 0.717) is 0 Å². The molecule has 2 aliphatic heterocycles. The third kappa shape index (κ3) is 4.22. The van der Waals surface area contributed by atoms with Crippen molar-refractivity contribution in [1.29, 1.82) is 0 Å². The van der Waals surface area contributed by atoms with Gasteiger partial charge in [0, 0.05) is 29.3 Å². The van der Waals surface area contributed by atoms with Gasteiger partial charge in [0.2, 0.25) is 0 Å². The van der Waals surface area contributed by atoms with E-state index in [9.17, 15) is 5.11 Å². The zero-order valence-corrected chi connectivity index (χ0v) is 19.1. The Balaban J connectivity index is 1.81. The first-order valence-corrected chi connectivity index (χ1v) is 11.6. The molecule has 0 saturated carbocycles. The first-order valence-electron chi connectivity index (χ1n) is 9.82. The van der Waals surface area contributed by atoms with E-state index in [1.807, 2.05) is 30.3 Å². The molecule has 6 heteroatoms. The van der Waals surface area contributed by atoms with Gasteiger partial charge in [0.15, 0.2) is 3.90 Å². The lowest BCUT2D eigenvalue weighted by Crippen LogP contribution is -2.71. The molecule has 29 heavy (non-hydrogen) atoms. The van der Waals surface area contributed by atoms with Crippen LogP contribution in [0, 0.1) is 0 Å². The van der Waals surface area contributed by atoms with Gasteiger partial charge < -0.3 is 9.84 Å². The van der Waals surface area contributed by atoms with E-state index < -0.39 is 3.90 Å². The van der Waals surface area contributed by atoms with Gasteiger partial charge in [0.25, 0.3) is 0 Å². The van der Waals surface area contributed by atoms with Gasteiger partial charge >= 0.3 is 0 Å². The molecule has 1 spiro atoms. The van der Waals surface area contributed by atoms with Crippen LogP contribution in [-0.4, -0.2) is 20.3 Å². The number of halogens is 1.